The van der Waals surface area contributed by atoms with Gasteiger partial charge in [0, 0.05) is 0 Å². The lowest BCUT2D eigenvalue weighted by Crippen LogP contribution is -2.44. The van der Waals surface area contributed by atoms with E-state index in [0.29, 0.717) is 0 Å². The molecule has 23 heavy (non-hydrogen) atoms. The molecule has 2 amide bonds. The van der Waals surface area contributed by atoms with Crippen molar-refractivity contribution in [3.63, 3.8) is 0 Å². The van der Waals surface area contributed by atoms with Crippen LogP contribution in [-0.4, -0.2) is 36.2 Å². The zero-order valence-electron chi connectivity index (χ0n) is 11.2. The molecule has 126 valence electrons. The summed E-state index contributed by atoms with van der Waals surface area (Å²) in [6, 6.07) is 0. The molecule has 1 saturated heterocycles. The van der Waals surface area contributed by atoms with Crippen molar-refractivity contribution in [3.05, 3.63) is 10.1 Å². The summed E-state index contributed by atoms with van der Waals surface area (Å²) in [5, 5.41) is 9.93. The summed E-state index contributed by atoms with van der Waals surface area (Å²) in [5.74, 6) is -3.53. The first-order chi connectivity index (χ1) is 10.5. The van der Waals surface area contributed by atoms with Gasteiger partial charge in [-0.15, -0.1) is 23.2 Å². The van der Waals surface area contributed by atoms with Crippen LogP contribution in [0.4, 0.5) is 0 Å². The van der Waals surface area contributed by atoms with Crippen LogP contribution in [0.15, 0.2) is 10.1 Å². The number of amides is 2. The van der Waals surface area contributed by atoms with Crippen molar-refractivity contribution in [2.75, 3.05) is 0 Å². The van der Waals surface area contributed by atoms with Gasteiger partial charge in [-0.2, -0.15) is 5.06 Å². The smallest absolute Gasteiger partial charge is 0.257 e. The Morgan fingerprint density at radius 3 is 1.57 bits per heavy atom. The van der Waals surface area contributed by atoms with Crippen LogP contribution in [0.5, 0.6) is 0 Å². The molecule has 4 nitrogen and oxygen atoms in total. The molecule has 2 saturated carbocycles. The molecular weight excluding hydrogens is 431 g/mol. The van der Waals surface area contributed by atoms with Gasteiger partial charge < -0.3 is 0 Å². The van der Waals surface area contributed by atoms with E-state index in [-0.39, 0.29) is 28.0 Å². The number of hydroxylamine groups is 2. The molecule has 0 aromatic heterocycles. The standard InChI is InChI=1S/C13H9Cl6NO3/c14-7-8(15)12(17)6-2-4-3(9(21)20(23)10(4)22)1-5(6)11(7,16)13(12,18)19/h3-6,23H,1-2H2/t3-,4+,5-,6-,11+,12+/m1/s1. The highest BCUT2D eigenvalue weighted by Crippen LogP contribution is 2.79. The molecule has 1 aliphatic heterocycles. The van der Waals surface area contributed by atoms with E-state index in [4.69, 9.17) is 69.6 Å². The average molecular weight is 440 g/mol. The number of imide groups is 1. The van der Waals surface area contributed by atoms with Crippen LogP contribution in [0.2, 0.25) is 0 Å². The molecule has 3 aliphatic carbocycles. The van der Waals surface area contributed by atoms with Crippen LogP contribution in [0.1, 0.15) is 12.8 Å². The number of alkyl halides is 4. The monoisotopic (exact) mass is 437 g/mol. The van der Waals surface area contributed by atoms with Gasteiger partial charge in [-0.05, 0) is 24.7 Å². The number of hydrogen-bond donors (Lipinski definition) is 1. The number of halogens is 6. The maximum atomic E-state index is 12.1. The van der Waals surface area contributed by atoms with Crippen LogP contribution < -0.4 is 0 Å². The molecule has 0 spiro atoms. The van der Waals surface area contributed by atoms with Crippen LogP contribution in [0.25, 0.3) is 0 Å². The molecule has 3 fully saturated rings. The van der Waals surface area contributed by atoms with Crippen molar-refractivity contribution >= 4 is 81.4 Å². The molecule has 0 aromatic rings. The third-order valence-electron chi connectivity index (χ3n) is 5.81. The molecular formula is C13H9Cl6NO3. The number of nitrogens with zero attached hydrogens (tertiary/aromatic N) is 1. The molecule has 0 unspecified atom stereocenters. The van der Waals surface area contributed by atoms with E-state index < -0.39 is 49.6 Å². The predicted molar refractivity (Wildman–Crippen MR) is 87.2 cm³/mol. The number of rotatable bonds is 0. The summed E-state index contributed by atoms with van der Waals surface area (Å²) >= 11 is 39.0. The van der Waals surface area contributed by atoms with E-state index in [0.717, 1.165) is 0 Å². The SMILES string of the molecule is O=C1[C@H]2C[C@@H]3[C@@H](C[C@H]2C(=O)N1O)[C@]1(Cl)C(Cl)=C(Cl)[C@]3(Cl)C1(Cl)Cl. The van der Waals surface area contributed by atoms with Crippen LogP contribution in [0.3, 0.4) is 0 Å². The number of carbonyl (C=O) groups is 2. The van der Waals surface area contributed by atoms with Crippen LogP contribution >= 0.6 is 69.6 Å². The highest BCUT2D eigenvalue weighted by molar-refractivity contribution is 6.65. The summed E-state index contributed by atoms with van der Waals surface area (Å²) < 4.78 is -1.67. The molecule has 4 rings (SSSR count). The normalized spacial score (nSPS) is 50.7. The van der Waals surface area contributed by atoms with Crippen molar-refractivity contribution in [3.8, 4) is 0 Å². The third-order valence-corrected chi connectivity index (χ3v) is 10.2. The predicted octanol–water partition coefficient (Wildman–Crippen LogP) is 3.85. The minimum atomic E-state index is -1.67. The Hall–Kier alpha value is 0.580. The zero-order chi connectivity index (χ0) is 17.1. The van der Waals surface area contributed by atoms with Crippen molar-refractivity contribution < 1.29 is 14.8 Å². The number of allylic oxidation sites excluding steroid dienone is 2. The summed E-state index contributed by atoms with van der Waals surface area (Å²) in [6.07, 6.45) is 0.410. The summed E-state index contributed by atoms with van der Waals surface area (Å²) in [7, 11) is 0. The quantitative estimate of drug-likeness (QED) is 0.354. The van der Waals surface area contributed by atoms with Crippen molar-refractivity contribution in [1.82, 2.24) is 5.06 Å². The minimum Gasteiger partial charge on any atom is -0.278 e. The molecule has 0 aromatic carbocycles. The Labute approximate surface area is 161 Å². The molecule has 2 bridgehead atoms. The number of carbonyl (C=O) groups excluding carboxylic acids is 2. The van der Waals surface area contributed by atoms with E-state index in [9.17, 15) is 14.8 Å². The number of fused-ring (bicyclic) bond motifs is 6. The Balaban J connectivity index is 1.86. The first-order valence-electron chi connectivity index (χ1n) is 6.89. The van der Waals surface area contributed by atoms with Gasteiger partial charge in [0.15, 0.2) is 4.33 Å². The van der Waals surface area contributed by atoms with Gasteiger partial charge in [0.05, 0.1) is 21.9 Å². The highest BCUT2D eigenvalue weighted by Gasteiger charge is 2.83. The second-order valence-electron chi connectivity index (χ2n) is 6.51. The van der Waals surface area contributed by atoms with Crippen molar-refractivity contribution in [2.24, 2.45) is 23.7 Å². The highest BCUT2D eigenvalue weighted by atomic mass is 35.5. The number of hydrogen-bond acceptors (Lipinski definition) is 3. The molecule has 10 heteroatoms. The average Bonchev–Trinajstić information content (AvgIpc) is 2.84. The van der Waals surface area contributed by atoms with Gasteiger partial charge in [0.1, 0.15) is 9.75 Å². The summed E-state index contributed by atoms with van der Waals surface area (Å²) in [4.78, 5) is 21.3. The van der Waals surface area contributed by atoms with Gasteiger partial charge in [0.2, 0.25) is 0 Å². The fourth-order valence-corrected chi connectivity index (χ4v) is 7.81. The zero-order valence-corrected chi connectivity index (χ0v) is 15.7. The lowest BCUT2D eigenvalue weighted by atomic mass is 9.65. The Bertz CT molecular complexity index is 641. The Morgan fingerprint density at radius 2 is 1.22 bits per heavy atom. The molecule has 4 aliphatic rings. The van der Waals surface area contributed by atoms with Crippen LogP contribution in [0, 0.1) is 23.7 Å². The van der Waals surface area contributed by atoms with E-state index in [1.54, 1.807) is 0 Å². The lowest BCUT2D eigenvalue weighted by molar-refractivity contribution is -0.173. The Kier molecular flexibility index (Phi) is 3.44. The molecule has 1 heterocycles. The first kappa shape index (κ1) is 17.0. The summed E-state index contributed by atoms with van der Waals surface area (Å²) in [5.41, 5.74) is 0. The topological polar surface area (TPSA) is 57.6 Å². The second-order valence-corrected chi connectivity index (χ2v) is 9.79. The van der Waals surface area contributed by atoms with E-state index in [1.165, 1.54) is 0 Å². The van der Waals surface area contributed by atoms with Crippen molar-refractivity contribution in [2.45, 2.75) is 26.9 Å². The van der Waals surface area contributed by atoms with E-state index >= 15 is 0 Å². The maximum absolute atomic E-state index is 12.1. The minimum absolute atomic E-state index is 0.0816. The maximum Gasteiger partial charge on any atom is 0.257 e. The van der Waals surface area contributed by atoms with Crippen LogP contribution in [-0.2, 0) is 9.59 Å². The fraction of sp³-hybridized carbons (Fsp3) is 0.692. The van der Waals surface area contributed by atoms with E-state index in [1.807, 2.05) is 0 Å². The molecule has 1 N–H and O–H groups in total. The molecule has 6 atom stereocenters. The van der Waals surface area contributed by atoms with Gasteiger partial charge in [-0.25, -0.2) is 0 Å². The Morgan fingerprint density at radius 1 is 0.870 bits per heavy atom. The second kappa shape index (κ2) is 4.64. The van der Waals surface area contributed by atoms with Gasteiger partial charge in [-0.3, -0.25) is 14.8 Å². The van der Waals surface area contributed by atoms with E-state index in [2.05, 4.69) is 0 Å². The van der Waals surface area contributed by atoms with Crippen molar-refractivity contribution in [1.29, 1.82) is 0 Å². The first-order valence-corrected chi connectivity index (χ1v) is 9.16. The van der Waals surface area contributed by atoms with Gasteiger partial charge in [0.25, 0.3) is 11.8 Å². The largest absolute Gasteiger partial charge is 0.278 e. The molecule has 0 radical (unpaired) electrons. The fourth-order valence-electron chi connectivity index (χ4n) is 4.70. The third kappa shape index (κ3) is 1.55. The van der Waals surface area contributed by atoms with Gasteiger partial charge in [-0.1, -0.05) is 46.4 Å². The van der Waals surface area contributed by atoms with Gasteiger partial charge >= 0.3 is 0 Å². The lowest BCUT2D eigenvalue weighted by Gasteiger charge is -2.42. The summed E-state index contributed by atoms with van der Waals surface area (Å²) in [6.45, 7) is 0.